The summed E-state index contributed by atoms with van der Waals surface area (Å²) in [7, 11) is 0. The smallest absolute Gasteiger partial charge is 0.277 e. The van der Waals surface area contributed by atoms with Gasteiger partial charge in [-0.25, -0.2) is 0 Å². The second-order valence-electron chi connectivity index (χ2n) is 13.5. The van der Waals surface area contributed by atoms with Crippen molar-refractivity contribution in [1.29, 1.82) is 0 Å². The molecule has 0 spiro atoms. The van der Waals surface area contributed by atoms with Crippen molar-refractivity contribution >= 4 is 58.1 Å². The van der Waals surface area contributed by atoms with Crippen LogP contribution >= 0.6 is 0 Å². The number of anilines is 3. The Morgan fingerprint density at radius 3 is 1.79 bits per heavy atom. The molecule has 1 heterocycles. The van der Waals surface area contributed by atoms with E-state index in [4.69, 9.17) is 0 Å². The second kappa shape index (κ2) is 21.4. The quantitative estimate of drug-likeness (QED) is 0.0596. The van der Waals surface area contributed by atoms with Crippen LogP contribution in [-0.2, 0) is 27.3 Å². The molecule has 0 aromatic heterocycles. The first-order chi connectivity index (χ1) is 26.9. The van der Waals surface area contributed by atoms with Gasteiger partial charge in [0.05, 0.1) is 13.0 Å². The van der Waals surface area contributed by atoms with Crippen molar-refractivity contribution in [3.63, 3.8) is 0 Å². The molecule has 0 fully saturated rings. The molecule has 0 radical (unpaired) electrons. The Balaban J connectivity index is 1.43. The highest BCUT2D eigenvalue weighted by Crippen LogP contribution is 2.26. The summed E-state index contributed by atoms with van der Waals surface area (Å²) in [6.07, 6.45) is 1.81. The number of hydrogen-bond acceptors (Lipinski definition) is 9. The summed E-state index contributed by atoms with van der Waals surface area (Å²) < 4.78 is 0. The van der Waals surface area contributed by atoms with Crippen molar-refractivity contribution < 1.29 is 28.8 Å². The van der Waals surface area contributed by atoms with Crippen LogP contribution in [0.1, 0.15) is 89.7 Å². The van der Waals surface area contributed by atoms with Gasteiger partial charge in [0.25, 0.3) is 23.6 Å². The minimum absolute atomic E-state index is 0.00391. The highest BCUT2D eigenvalue weighted by Gasteiger charge is 2.21. The van der Waals surface area contributed by atoms with Crippen molar-refractivity contribution in [2.45, 2.75) is 60.4 Å². The van der Waals surface area contributed by atoms with Crippen LogP contribution in [0.3, 0.4) is 0 Å². The number of rotatable bonds is 21. The molecule has 0 saturated heterocycles. The molecular formula is C42H54N8O6. The Kier molecular flexibility index (Phi) is 16.4. The van der Waals surface area contributed by atoms with Crippen molar-refractivity contribution in [3.8, 4) is 0 Å². The molecule has 0 saturated carbocycles. The van der Waals surface area contributed by atoms with Crippen LogP contribution in [0.15, 0.2) is 65.7 Å². The average Bonchev–Trinajstić information content (AvgIpc) is 3.57. The number of ketones is 1. The number of nitrogens with zero attached hydrogens (tertiary/aromatic N) is 3. The van der Waals surface area contributed by atoms with Gasteiger partial charge in [-0.3, -0.25) is 33.8 Å². The molecule has 0 atom stereocenters. The van der Waals surface area contributed by atoms with Crippen LogP contribution in [-0.4, -0.2) is 103 Å². The minimum atomic E-state index is -0.680. The van der Waals surface area contributed by atoms with Crippen LogP contribution < -0.4 is 26.6 Å². The summed E-state index contributed by atoms with van der Waals surface area (Å²) in [6, 6.07) is 16.1. The van der Waals surface area contributed by atoms with Crippen LogP contribution in [0.2, 0.25) is 0 Å². The highest BCUT2D eigenvalue weighted by atomic mass is 16.2. The first kappa shape index (κ1) is 43.0. The van der Waals surface area contributed by atoms with E-state index in [-0.39, 0.29) is 53.2 Å². The number of aliphatic imine (C=N–C) groups is 1. The third kappa shape index (κ3) is 12.7. The predicted octanol–water partition coefficient (Wildman–Crippen LogP) is 4.53. The summed E-state index contributed by atoms with van der Waals surface area (Å²) in [5.41, 5.74) is 3.31. The first-order valence-electron chi connectivity index (χ1n) is 19.3. The Labute approximate surface area is 328 Å². The molecule has 14 nitrogen and oxygen atoms in total. The molecule has 1 aliphatic rings. The molecule has 3 aromatic carbocycles. The van der Waals surface area contributed by atoms with E-state index in [1.165, 1.54) is 13.0 Å². The van der Waals surface area contributed by atoms with Gasteiger partial charge in [0.15, 0.2) is 11.5 Å². The molecular weight excluding hydrogens is 713 g/mol. The van der Waals surface area contributed by atoms with Gasteiger partial charge in [0.2, 0.25) is 5.91 Å². The number of nitrogens with one attached hydrogen (secondary N) is 5. The van der Waals surface area contributed by atoms with Crippen LogP contribution in [0, 0.1) is 0 Å². The van der Waals surface area contributed by atoms with E-state index in [2.05, 4.69) is 69.1 Å². The number of hydrogen-bond donors (Lipinski definition) is 5. The highest BCUT2D eigenvalue weighted by molar-refractivity contribution is 6.67. The molecule has 1 aliphatic heterocycles. The van der Waals surface area contributed by atoms with Crippen molar-refractivity contribution in [1.82, 2.24) is 20.4 Å². The third-order valence-corrected chi connectivity index (χ3v) is 9.55. The van der Waals surface area contributed by atoms with Gasteiger partial charge in [-0.1, -0.05) is 45.9 Å². The molecule has 3 aromatic rings. The summed E-state index contributed by atoms with van der Waals surface area (Å²) >= 11 is 0. The lowest BCUT2D eigenvalue weighted by Gasteiger charge is -2.18. The summed E-state index contributed by atoms with van der Waals surface area (Å²) in [6.45, 7) is 16.0. The minimum Gasteiger partial charge on any atom is -0.352 e. The van der Waals surface area contributed by atoms with E-state index in [1.807, 2.05) is 0 Å². The lowest BCUT2D eigenvalue weighted by atomic mass is 10.1. The Bertz CT molecular complexity index is 1870. The molecule has 5 amide bonds. The number of carbonyl (C=O) groups is 6. The fourth-order valence-electron chi connectivity index (χ4n) is 6.22. The van der Waals surface area contributed by atoms with Crippen molar-refractivity contribution in [3.05, 3.63) is 88.5 Å². The van der Waals surface area contributed by atoms with E-state index in [9.17, 15) is 28.8 Å². The monoisotopic (exact) mass is 766 g/mol. The lowest BCUT2D eigenvalue weighted by molar-refractivity contribution is -0.116. The molecule has 298 valence electrons. The van der Waals surface area contributed by atoms with Crippen molar-refractivity contribution in [2.75, 3.05) is 68.3 Å². The normalized spacial score (nSPS) is 12.3. The molecule has 0 unspecified atom stereocenters. The number of Topliss-reactive ketones (excluding diaryl/α,β-unsaturated/α-hetero) is 1. The van der Waals surface area contributed by atoms with E-state index >= 15 is 0 Å². The Hall–Kier alpha value is -5.73. The summed E-state index contributed by atoms with van der Waals surface area (Å²) in [4.78, 5) is 85.7. The zero-order chi connectivity index (χ0) is 40.6. The molecule has 14 heteroatoms. The van der Waals surface area contributed by atoms with E-state index < -0.39 is 17.6 Å². The fraction of sp³-hybridized carbons (Fsp3) is 0.405. The first-order valence-corrected chi connectivity index (χ1v) is 19.3. The zero-order valence-electron chi connectivity index (χ0n) is 33.0. The van der Waals surface area contributed by atoms with Gasteiger partial charge < -0.3 is 36.4 Å². The van der Waals surface area contributed by atoms with Gasteiger partial charge in [-0.05, 0) is 106 Å². The third-order valence-electron chi connectivity index (χ3n) is 9.55. The maximum Gasteiger partial charge on any atom is 0.277 e. The van der Waals surface area contributed by atoms with Gasteiger partial charge in [-0.2, -0.15) is 0 Å². The van der Waals surface area contributed by atoms with Gasteiger partial charge in [0, 0.05) is 53.8 Å². The predicted molar refractivity (Wildman–Crippen MR) is 220 cm³/mol. The molecule has 56 heavy (non-hydrogen) atoms. The fourth-order valence-corrected chi connectivity index (χ4v) is 6.22. The maximum atomic E-state index is 13.4. The largest absolute Gasteiger partial charge is 0.352 e. The number of carbonyl (C=O) groups excluding carboxylic acids is 6. The van der Waals surface area contributed by atoms with E-state index in [0.29, 0.717) is 35.6 Å². The number of amides is 5. The Morgan fingerprint density at radius 1 is 0.679 bits per heavy atom. The molecule has 0 bridgehead atoms. The topological polar surface area (TPSA) is 181 Å². The standard InChI is InChI=1S/C42H54N8O6/c1-6-49(7-2)20-10-18-43-39(53)32-22-33(40(54)44-19-11-21-50(8-3)9-4)24-35(23-32)47-41(55)30-14-12-29(13-15-30)27-45-38(28(5)51)42(56)46-34-17-16-31-25-37(52)48-36(31)26-34/h12-17,22-24,26H,6-11,18-21,25,27H2,1-5H3,(H,43,53)(H,44,54)(H,46,56)(H,47,55)(H,48,52). The number of fused-ring (bicyclic) bond motifs is 1. The van der Waals surface area contributed by atoms with E-state index in [0.717, 1.165) is 57.7 Å². The van der Waals surface area contributed by atoms with Crippen molar-refractivity contribution in [2.24, 2.45) is 4.99 Å². The van der Waals surface area contributed by atoms with Gasteiger partial charge >= 0.3 is 0 Å². The zero-order valence-corrected chi connectivity index (χ0v) is 33.0. The lowest BCUT2D eigenvalue weighted by Crippen LogP contribution is -2.31. The van der Waals surface area contributed by atoms with Crippen LogP contribution in [0.4, 0.5) is 17.1 Å². The SMILES string of the molecule is CCN(CC)CCCNC(=O)c1cc(NC(=O)c2ccc(CN=C(C(C)=O)C(=O)Nc3ccc4c(c3)NC(=O)C4)cc2)cc(C(=O)NCCCN(CC)CC)c1. The average molecular weight is 767 g/mol. The summed E-state index contributed by atoms with van der Waals surface area (Å²) in [5, 5.41) is 14.1. The second-order valence-corrected chi connectivity index (χ2v) is 13.5. The van der Waals surface area contributed by atoms with Crippen LogP contribution in [0.25, 0.3) is 0 Å². The molecule has 0 aliphatic carbocycles. The maximum absolute atomic E-state index is 13.4. The van der Waals surface area contributed by atoms with Crippen LogP contribution in [0.5, 0.6) is 0 Å². The summed E-state index contributed by atoms with van der Waals surface area (Å²) in [5.74, 6) is -2.48. The molecule has 4 rings (SSSR count). The van der Waals surface area contributed by atoms with Gasteiger partial charge in [0.1, 0.15) is 0 Å². The molecule has 5 N–H and O–H groups in total. The van der Waals surface area contributed by atoms with Gasteiger partial charge in [-0.15, -0.1) is 0 Å². The number of benzene rings is 3. The Morgan fingerprint density at radius 2 is 1.25 bits per heavy atom. The van der Waals surface area contributed by atoms with E-state index in [1.54, 1.807) is 54.6 Å².